The number of carbonyl (C=O) groups excluding carboxylic acids is 2. The minimum absolute atomic E-state index is 0.0923. The number of hydrogen-bond donors (Lipinski definition) is 2. The first-order valence-electron chi connectivity index (χ1n) is 9.88. The zero-order valence-electron chi connectivity index (χ0n) is 17.8. The predicted octanol–water partition coefficient (Wildman–Crippen LogP) is 3.63. The average molecular weight is 434 g/mol. The molecule has 2 atom stereocenters. The number of nitrogens with zero attached hydrogens (tertiary/aromatic N) is 1. The Morgan fingerprint density at radius 1 is 1.03 bits per heavy atom. The van der Waals surface area contributed by atoms with Crippen LogP contribution in [-0.2, 0) is 11.2 Å². The van der Waals surface area contributed by atoms with Crippen LogP contribution in [0.15, 0.2) is 60.7 Å². The number of imide groups is 1. The number of amides is 2. The van der Waals surface area contributed by atoms with Crippen LogP contribution in [0.2, 0.25) is 0 Å². The van der Waals surface area contributed by atoms with Crippen molar-refractivity contribution in [3.8, 4) is 0 Å². The standard InChI is InChI=1S/C23H28F2N2O4/c1-22(2,3)31-21(30)27(20(29)17-12-8-5-9-13-17)18(19(28)23(24,25)15-26)14-16-10-6-4-7-11-16/h4-13,18-19,28H,14-15,26H2,1-3H3. The number of alkyl halides is 2. The summed E-state index contributed by atoms with van der Waals surface area (Å²) >= 11 is 0. The van der Waals surface area contributed by atoms with Gasteiger partial charge >= 0.3 is 6.09 Å². The maximum absolute atomic E-state index is 14.5. The van der Waals surface area contributed by atoms with Gasteiger partial charge in [0.2, 0.25) is 0 Å². The molecular formula is C23H28F2N2O4. The van der Waals surface area contributed by atoms with Crippen molar-refractivity contribution in [1.82, 2.24) is 4.90 Å². The second-order valence-corrected chi connectivity index (χ2v) is 8.19. The second kappa shape index (κ2) is 9.98. The monoisotopic (exact) mass is 434 g/mol. The first-order chi connectivity index (χ1) is 14.5. The van der Waals surface area contributed by atoms with Crippen molar-refractivity contribution in [3.05, 3.63) is 71.8 Å². The highest BCUT2D eigenvalue weighted by Crippen LogP contribution is 2.27. The van der Waals surface area contributed by atoms with Crippen LogP contribution in [0.25, 0.3) is 0 Å². The van der Waals surface area contributed by atoms with Crippen LogP contribution < -0.4 is 5.73 Å². The molecule has 2 aromatic rings. The Balaban J connectivity index is 2.57. The molecule has 0 heterocycles. The van der Waals surface area contributed by atoms with E-state index in [1.165, 1.54) is 12.1 Å². The first-order valence-corrected chi connectivity index (χ1v) is 9.88. The van der Waals surface area contributed by atoms with Crippen LogP contribution >= 0.6 is 0 Å². The molecule has 8 heteroatoms. The van der Waals surface area contributed by atoms with Crippen LogP contribution in [0, 0.1) is 0 Å². The topological polar surface area (TPSA) is 92.9 Å². The average Bonchev–Trinajstić information content (AvgIpc) is 2.72. The summed E-state index contributed by atoms with van der Waals surface area (Å²) in [4.78, 5) is 26.9. The van der Waals surface area contributed by atoms with Gasteiger partial charge < -0.3 is 15.6 Å². The SMILES string of the molecule is CC(C)(C)OC(=O)N(C(=O)c1ccccc1)C(Cc1ccccc1)C(O)C(F)(F)CN. The van der Waals surface area contributed by atoms with Crippen molar-refractivity contribution in [2.75, 3.05) is 6.54 Å². The van der Waals surface area contributed by atoms with Gasteiger partial charge in [0, 0.05) is 5.56 Å². The summed E-state index contributed by atoms with van der Waals surface area (Å²) < 4.78 is 34.3. The van der Waals surface area contributed by atoms with E-state index < -0.39 is 42.2 Å². The number of aliphatic hydroxyl groups excluding tert-OH is 1. The zero-order chi connectivity index (χ0) is 23.2. The highest BCUT2D eigenvalue weighted by atomic mass is 19.3. The Morgan fingerprint density at radius 2 is 1.55 bits per heavy atom. The molecule has 0 aliphatic heterocycles. The van der Waals surface area contributed by atoms with Crippen molar-refractivity contribution >= 4 is 12.0 Å². The van der Waals surface area contributed by atoms with Gasteiger partial charge in [-0.25, -0.2) is 18.5 Å². The number of ether oxygens (including phenoxy) is 1. The summed E-state index contributed by atoms with van der Waals surface area (Å²) in [6.07, 6.45) is -3.75. The lowest BCUT2D eigenvalue weighted by Gasteiger charge is -2.37. The molecule has 6 nitrogen and oxygen atoms in total. The van der Waals surface area contributed by atoms with Gasteiger partial charge in [0.05, 0.1) is 12.6 Å². The van der Waals surface area contributed by atoms with E-state index in [0.717, 1.165) is 0 Å². The Labute approximate surface area is 180 Å². The number of benzene rings is 2. The van der Waals surface area contributed by atoms with Gasteiger partial charge in [-0.1, -0.05) is 48.5 Å². The van der Waals surface area contributed by atoms with Crippen molar-refractivity contribution in [3.63, 3.8) is 0 Å². The molecule has 2 unspecified atom stereocenters. The zero-order valence-corrected chi connectivity index (χ0v) is 17.8. The molecule has 0 fully saturated rings. The van der Waals surface area contributed by atoms with E-state index in [-0.39, 0.29) is 12.0 Å². The highest BCUT2D eigenvalue weighted by molar-refractivity contribution is 6.03. The summed E-state index contributed by atoms with van der Waals surface area (Å²) in [5.74, 6) is -4.60. The molecule has 0 bridgehead atoms. The van der Waals surface area contributed by atoms with Gasteiger partial charge in [-0.05, 0) is 44.9 Å². The van der Waals surface area contributed by atoms with E-state index in [4.69, 9.17) is 10.5 Å². The lowest BCUT2D eigenvalue weighted by molar-refractivity contribution is -0.126. The summed E-state index contributed by atoms with van der Waals surface area (Å²) in [7, 11) is 0. The van der Waals surface area contributed by atoms with Crippen LogP contribution in [-0.4, -0.2) is 52.2 Å². The molecule has 0 saturated heterocycles. The molecule has 2 rings (SSSR count). The molecule has 2 amide bonds. The number of rotatable bonds is 7. The van der Waals surface area contributed by atoms with Crippen LogP contribution in [0.1, 0.15) is 36.7 Å². The third-order valence-electron chi connectivity index (χ3n) is 4.52. The molecule has 168 valence electrons. The lowest BCUT2D eigenvalue weighted by atomic mass is 9.95. The maximum atomic E-state index is 14.5. The minimum atomic E-state index is -3.74. The largest absolute Gasteiger partial charge is 0.443 e. The predicted molar refractivity (Wildman–Crippen MR) is 113 cm³/mol. The fourth-order valence-electron chi connectivity index (χ4n) is 3.00. The van der Waals surface area contributed by atoms with E-state index >= 15 is 0 Å². The Morgan fingerprint density at radius 3 is 2.03 bits per heavy atom. The van der Waals surface area contributed by atoms with Crippen LogP contribution in [0.5, 0.6) is 0 Å². The smallest absolute Gasteiger partial charge is 0.417 e. The fourth-order valence-corrected chi connectivity index (χ4v) is 3.00. The molecule has 0 spiro atoms. The van der Waals surface area contributed by atoms with Crippen molar-refractivity contribution in [1.29, 1.82) is 0 Å². The molecule has 0 aliphatic carbocycles. The summed E-state index contributed by atoms with van der Waals surface area (Å²) in [6, 6.07) is 14.5. The second-order valence-electron chi connectivity index (χ2n) is 8.19. The highest BCUT2D eigenvalue weighted by Gasteiger charge is 2.48. The van der Waals surface area contributed by atoms with E-state index in [1.807, 2.05) is 0 Å². The van der Waals surface area contributed by atoms with Crippen LogP contribution in [0.4, 0.5) is 13.6 Å². The quantitative estimate of drug-likeness (QED) is 0.694. The molecule has 3 N–H and O–H groups in total. The lowest BCUT2D eigenvalue weighted by Crippen LogP contribution is -2.59. The van der Waals surface area contributed by atoms with Gasteiger partial charge in [0.25, 0.3) is 11.8 Å². The Hall–Kier alpha value is -2.84. The normalized spacial score (nSPS) is 13.9. The number of carbonyl (C=O) groups is 2. The van der Waals surface area contributed by atoms with Gasteiger partial charge in [0.1, 0.15) is 11.7 Å². The maximum Gasteiger partial charge on any atom is 0.417 e. The molecular weight excluding hydrogens is 406 g/mol. The Bertz CT molecular complexity index is 870. The number of nitrogens with two attached hydrogens (primary N) is 1. The van der Waals surface area contributed by atoms with Gasteiger partial charge in [0.15, 0.2) is 0 Å². The van der Waals surface area contributed by atoms with Crippen molar-refractivity contribution in [2.45, 2.75) is 50.9 Å². The molecule has 2 aromatic carbocycles. The van der Waals surface area contributed by atoms with Gasteiger partial charge in [-0.15, -0.1) is 0 Å². The molecule has 31 heavy (non-hydrogen) atoms. The van der Waals surface area contributed by atoms with E-state index in [9.17, 15) is 23.5 Å². The third kappa shape index (κ3) is 6.57. The van der Waals surface area contributed by atoms with Crippen LogP contribution in [0.3, 0.4) is 0 Å². The van der Waals surface area contributed by atoms with Crippen molar-refractivity contribution in [2.24, 2.45) is 5.73 Å². The number of halogens is 2. The molecule has 0 aromatic heterocycles. The fraction of sp³-hybridized carbons (Fsp3) is 0.391. The van der Waals surface area contributed by atoms with E-state index in [2.05, 4.69) is 0 Å². The van der Waals surface area contributed by atoms with Gasteiger partial charge in [-0.2, -0.15) is 0 Å². The molecule has 0 aliphatic rings. The number of hydrogen-bond acceptors (Lipinski definition) is 5. The summed E-state index contributed by atoms with van der Waals surface area (Å²) in [5, 5.41) is 10.6. The molecule has 0 radical (unpaired) electrons. The summed E-state index contributed by atoms with van der Waals surface area (Å²) in [5.41, 5.74) is 4.82. The third-order valence-corrected chi connectivity index (χ3v) is 4.52. The number of aliphatic hydroxyl groups is 1. The van der Waals surface area contributed by atoms with Crippen molar-refractivity contribution < 1.29 is 28.2 Å². The summed E-state index contributed by atoms with van der Waals surface area (Å²) in [6.45, 7) is 3.62. The molecule has 0 saturated carbocycles. The van der Waals surface area contributed by atoms with E-state index in [0.29, 0.717) is 10.5 Å². The minimum Gasteiger partial charge on any atom is -0.443 e. The Kier molecular flexibility index (Phi) is 7.86. The van der Waals surface area contributed by atoms with Gasteiger partial charge in [-0.3, -0.25) is 4.79 Å². The van der Waals surface area contributed by atoms with E-state index in [1.54, 1.807) is 69.3 Å². The first kappa shape index (κ1) is 24.4.